The molecule has 0 amide bonds. The molecule has 154 valence electrons. The van der Waals surface area contributed by atoms with Crippen LogP contribution in [-0.4, -0.2) is 4.98 Å². The number of furan rings is 1. The van der Waals surface area contributed by atoms with Crippen LogP contribution in [0.1, 0.15) is 5.56 Å². The summed E-state index contributed by atoms with van der Waals surface area (Å²) in [7, 11) is 0. The van der Waals surface area contributed by atoms with E-state index in [1.54, 1.807) is 0 Å². The van der Waals surface area contributed by atoms with Gasteiger partial charge >= 0.3 is 0 Å². The highest BCUT2D eigenvalue weighted by Crippen LogP contribution is 2.39. The Morgan fingerprint density at radius 2 is 1.21 bits per heavy atom. The van der Waals surface area contributed by atoms with Gasteiger partial charge in [0.2, 0.25) is 0 Å². The lowest BCUT2D eigenvalue weighted by Crippen LogP contribution is -1.86. The lowest BCUT2D eigenvalue weighted by atomic mass is 10.0. The Morgan fingerprint density at radius 1 is 0.576 bits per heavy atom. The zero-order chi connectivity index (χ0) is 22.2. The molecule has 0 spiro atoms. The number of fused-ring (bicyclic) bond motifs is 3. The fourth-order valence-corrected chi connectivity index (χ4v) is 4.33. The van der Waals surface area contributed by atoms with E-state index in [9.17, 15) is 0 Å². The molecule has 0 fully saturated rings. The Hall–Kier alpha value is -4.68. The first kappa shape index (κ1) is 19.0. The van der Waals surface area contributed by atoms with E-state index in [0.717, 1.165) is 55.4 Å². The van der Waals surface area contributed by atoms with Gasteiger partial charge in [-0.1, -0.05) is 84.9 Å². The second-order valence-corrected chi connectivity index (χ2v) is 7.95. The molecule has 3 heteroatoms. The van der Waals surface area contributed by atoms with Crippen LogP contribution in [0.2, 0.25) is 0 Å². The van der Waals surface area contributed by atoms with Crippen molar-refractivity contribution in [3.63, 3.8) is 0 Å². The van der Waals surface area contributed by atoms with E-state index < -0.39 is 0 Å². The minimum atomic E-state index is 0.641. The molecular formula is C30H18N2O. The molecule has 6 aromatic rings. The SMILES string of the molecule is N#Cc1ccc(-c2ccc(-c3cccc4c3oc3c(-c5ccccc5)cccc34)cn2)cc1. The minimum absolute atomic E-state index is 0.641. The molecule has 4 aromatic carbocycles. The summed E-state index contributed by atoms with van der Waals surface area (Å²) in [6, 6.07) is 36.6. The quantitative estimate of drug-likeness (QED) is 0.292. The van der Waals surface area contributed by atoms with Crippen LogP contribution >= 0.6 is 0 Å². The number of aromatic nitrogens is 1. The number of nitrogens with zero attached hydrogens (tertiary/aromatic N) is 2. The topological polar surface area (TPSA) is 49.8 Å². The molecule has 0 atom stereocenters. The first-order valence-corrected chi connectivity index (χ1v) is 10.8. The third-order valence-electron chi connectivity index (χ3n) is 5.99. The van der Waals surface area contributed by atoms with Gasteiger partial charge in [0.15, 0.2) is 0 Å². The van der Waals surface area contributed by atoms with Crippen molar-refractivity contribution in [1.82, 2.24) is 4.98 Å². The number of hydrogen-bond donors (Lipinski definition) is 0. The van der Waals surface area contributed by atoms with Gasteiger partial charge in [0.05, 0.1) is 17.3 Å². The summed E-state index contributed by atoms with van der Waals surface area (Å²) in [4.78, 5) is 4.68. The van der Waals surface area contributed by atoms with E-state index in [2.05, 4.69) is 65.7 Å². The maximum absolute atomic E-state index is 9.01. The molecule has 0 N–H and O–H groups in total. The third-order valence-corrected chi connectivity index (χ3v) is 5.99. The number of hydrogen-bond acceptors (Lipinski definition) is 3. The number of benzene rings is 4. The normalized spacial score (nSPS) is 11.0. The molecular weight excluding hydrogens is 404 g/mol. The highest BCUT2D eigenvalue weighted by atomic mass is 16.3. The van der Waals surface area contributed by atoms with Crippen molar-refractivity contribution in [1.29, 1.82) is 5.26 Å². The van der Waals surface area contributed by atoms with E-state index in [-0.39, 0.29) is 0 Å². The lowest BCUT2D eigenvalue weighted by Gasteiger charge is -2.05. The van der Waals surface area contributed by atoms with Crippen LogP contribution in [0.25, 0.3) is 55.4 Å². The summed E-state index contributed by atoms with van der Waals surface area (Å²) in [6.45, 7) is 0. The predicted octanol–water partition coefficient (Wildman–Crippen LogP) is 7.85. The predicted molar refractivity (Wildman–Crippen MR) is 133 cm³/mol. The van der Waals surface area contributed by atoms with Crippen molar-refractivity contribution in [2.45, 2.75) is 0 Å². The van der Waals surface area contributed by atoms with Crippen molar-refractivity contribution in [2.75, 3.05) is 0 Å². The number of nitriles is 1. The van der Waals surface area contributed by atoms with Crippen LogP contribution in [0, 0.1) is 11.3 Å². The molecule has 6 rings (SSSR count). The van der Waals surface area contributed by atoms with Crippen LogP contribution < -0.4 is 0 Å². The third kappa shape index (κ3) is 3.26. The molecule has 33 heavy (non-hydrogen) atoms. The summed E-state index contributed by atoms with van der Waals surface area (Å²) >= 11 is 0. The van der Waals surface area contributed by atoms with Gasteiger partial charge in [0.1, 0.15) is 11.2 Å². The van der Waals surface area contributed by atoms with Gasteiger partial charge < -0.3 is 4.42 Å². The zero-order valence-electron chi connectivity index (χ0n) is 17.7. The molecule has 0 saturated carbocycles. The van der Waals surface area contributed by atoms with Crippen LogP contribution in [0.4, 0.5) is 0 Å². The van der Waals surface area contributed by atoms with E-state index in [1.807, 2.05) is 54.7 Å². The largest absolute Gasteiger partial charge is 0.455 e. The summed E-state index contributed by atoms with van der Waals surface area (Å²) in [6.07, 6.45) is 1.88. The van der Waals surface area contributed by atoms with Crippen LogP contribution in [0.15, 0.2) is 114 Å². The summed E-state index contributed by atoms with van der Waals surface area (Å²) < 4.78 is 6.51. The Kier molecular flexibility index (Phi) is 4.49. The molecule has 0 unspecified atom stereocenters. The van der Waals surface area contributed by atoms with Crippen molar-refractivity contribution < 1.29 is 4.42 Å². The highest BCUT2D eigenvalue weighted by Gasteiger charge is 2.15. The fourth-order valence-electron chi connectivity index (χ4n) is 4.33. The molecule has 0 saturated heterocycles. The van der Waals surface area contributed by atoms with Gasteiger partial charge in [-0.15, -0.1) is 0 Å². The Morgan fingerprint density at radius 3 is 1.82 bits per heavy atom. The van der Waals surface area contributed by atoms with Gasteiger partial charge in [-0.05, 0) is 23.8 Å². The molecule has 2 heterocycles. The highest BCUT2D eigenvalue weighted by molar-refractivity contribution is 6.12. The molecule has 0 bridgehead atoms. The zero-order valence-corrected chi connectivity index (χ0v) is 17.7. The number of pyridine rings is 1. The monoisotopic (exact) mass is 422 g/mol. The van der Waals surface area contributed by atoms with E-state index in [1.165, 1.54) is 0 Å². The first-order chi connectivity index (χ1) is 16.3. The van der Waals surface area contributed by atoms with Gasteiger partial charge in [-0.25, -0.2) is 0 Å². The smallest absolute Gasteiger partial charge is 0.143 e. The standard InChI is InChI=1S/C30H18N2O/c31-18-20-12-14-22(15-13-20)28-17-16-23(19-32-28)25-9-5-11-27-26-10-4-8-24(29(26)33-30(25)27)21-6-2-1-3-7-21/h1-17,19H. The van der Waals surface area contributed by atoms with Crippen molar-refractivity contribution >= 4 is 21.9 Å². The van der Waals surface area contributed by atoms with Crippen molar-refractivity contribution in [2.24, 2.45) is 0 Å². The molecule has 0 aliphatic rings. The second kappa shape index (κ2) is 7.78. The van der Waals surface area contributed by atoms with E-state index >= 15 is 0 Å². The average Bonchev–Trinajstić information content (AvgIpc) is 3.28. The maximum Gasteiger partial charge on any atom is 0.143 e. The van der Waals surface area contributed by atoms with Crippen molar-refractivity contribution in [3.05, 3.63) is 115 Å². The second-order valence-electron chi connectivity index (χ2n) is 7.95. The van der Waals surface area contributed by atoms with Gasteiger partial charge in [-0.3, -0.25) is 4.98 Å². The van der Waals surface area contributed by atoms with E-state index in [0.29, 0.717) is 5.56 Å². The minimum Gasteiger partial charge on any atom is -0.455 e. The van der Waals surface area contributed by atoms with Gasteiger partial charge in [0, 0.05) is 39.2 Å². The summed E-state index contributed by atoms with van der Waals surface area (Å²) in [5, 5.41) is 11.2. The Balaban J connectivity index is 1.47. The Labute approximate surface area is 191 Å². The molecule has 0 aliphatic heterocycles. The molecule has 2 aromatic heterocycles. The number of para-hydroxylation sites is 2. The van der Waals surface area contributed by atoms with E-state index in [4.69, 9.17) is 9.68 Å². The maximum atomic E-state index is 9.01. The van der Waals surface area contributed by atoms with Gasteiger partial charge in [0.25, 0.3) is 0 Å². The van der Waals surface area contributed by atoms with Crippen LogP contribution in [0.3, 0.4) is 0 Å². The average molecular weight is 422 g/mol. The fraction of sp³-hybridized carbons (Fsp3) is 0. The summed E-state index contributed by atoms with van der Waals surface area (Å²) in [5.74, 6) is 0. The molecule has 3 nitrogen and oxygen atoms in total. The first-order valence-electron chi connectivity index (χ1n) is 10.8. The molecule has 0 radical (unpaired) electrons. The summed E-state index contributed by atoms with van der Waals surface area (Å²) in [5.41, 5.74) is 8.49. The van der Waals surface area contributed by atoms with Crippen LogP contribution in [-0.2, 0) is 0 Å². The lowest BCUT2D eigenvalue weighted by molar-refractivity contribution is 0.671. The number of rotatable bonds is 3. The Bertz CT molecular complexity index is 1640. The van der Waals surface area contributed by atoms with Crippen molar-refractivity contribution in [3.8, 4) is 39.6 Å². The van der Waals surface area contributed by atoms with Gasteiger partial charge in [-0.2, -0.15) is 5.26 Å². The van der Waals surface area contributed by atoms with Crippen LogP contribution in [0.5, 0.6) is 0 Å². The molecule has 0 aliphatic carbocycles.